The number of nitrogens with one attached hydrogen (secondary N) is 1. The fourth-order valence-electron chi connectivity index (χ4n) is 2.59. The molecule has 3 aromatic rings. The Morgan fingerprint density at radius 3 is 2.04 bits per heavy atom. The second-order valence-corrected chi connectivity index (χ2v) is 6.81. The van der Waals surface area contributed by atoms with Gasteiger partial charge in [0.2, 0.25) is 0 Å². The van der Waals surface area contributed by atoms with E-state index < -0.39 is 0 Å². The van der Waals surface area contributed by atoms with Crippen molar-refractivity contribution in [2.75, 3.05) is 18.5 Å². The van der Waals surface area contributed by atoms with Crippen LogP contribution in [0.25, 0.3) is 0 Å². The molecule has 0 aromatic heterocycles. The topological polar surface area (TPSA) is 47.6 Å². The SMILES string of the molecule is Cc1ccc(OCCOc2ccc(C(=O)Nc3cccc(Cl)c3C)cc2)cc1. The fraction of sp³-hybridized carbons (Fsp3) is 0.174. The summed E-state index contributed by atoms with van der Waals surface area (Å²) < 4.78 is 11.3. The molecule has 0 fully saturated rings. The third-order valence-electron chi connectivity index (χ3n) is 4.27. The Morgan fingerprint density at radius 2 is 1.43 bits per heavy atom. The standard InChI is InChI=1S/C23H22ClNO3/c1-16-6-10-19(11-7-16)27-14-15-28-20-12-8-18(9-13-20)23(26)25-22-5-3-4-21(24)17(22)2/h3-13H,14-15H2,1-2H3,(H,25,26). The van der Waals surface area contributed by atoms with E-state index >= 15 is 0 Å². The van der Waals surface area contributed by atoms with E-state index in [1.165, 1.54) is 5.56 Å². The summed E-state index contributed by atoms with van der Waals surface area (Å²) in [5.74, 6) is 1.31. The molecule has 0 bridgehead atoms. The summed E-state index contributed by atoms with van der Waals surface area (Å²) in [7, 11) is 0. The minimum absolute atomic E-state index is 0.195. The van der Waals surface area contributed by atoms with Crippen LogP contribution in [0.1, 0.15) is 21.5 Å². The summed E-state index contributed by atoms with van der Waals surface area (Å²) in [6.45, 7) is 4.76. The van der Waals surface area contributed by atoms with Gasteiger partial charge in [-0.3, -0.25) is 4.79 Å². The van der Waals surface area contributed by atoms with Crippen molar-refractivity contribution >= 4 is 23.2 Å². The average Bonchev–Trinajstić information content (AvgIpc) is 2.70. The van der Waals surface area contributed by atoms with E-state index in [4.69, 9.17) is 21.1 Å². The van der Waals surface area contributed by atoms with Crippen molar-refractivity contribution in [3.05, 3.63) is 88.4 Å². The summed E-state index contributed by atoms with van der Waals surface area (Å²) in [6, 6.07) is 20.3. The first kappa shape index (κ1) is 19.8. The predicted octanol–water partition coefficient (Wildman–Crippen LogP) is 5.67. The van der Waals surface area contributed by atoms with Crippen molar-refractivity contribution in [1.82, 2.24) is 0 Å². The van der Waals surface area contributed by atoms with Crippen molar-refractivity contribution in [2.45, 2.75) is 13.8 Å². The molecule has 144 valence electrons. The van der Waals surface area contributed by atoms with E-state index in [2.05, 4.69) is 5.32 Å². The minimum Gasteiger partial charge on any atom is -0.490 e. The van der Waals surface area contributed by atoms with Gasteiger partial charge >= 0.3 is 0 Å². The summed E-state index contributed by atoms with van der Waals surface area (Å²) in [6.07, 6.45) is 0. The molecule has 0 aliphatic carbocycles. The number of amides is 1. The molecule has 0 saturated heterocycles. The summed E-state index contributed by atoms with van der Waals surface area (Å²) in [4.78, 5) is 12.4. The van der Waals surface area contributed by atoms with Gasteiger partial charge in [0.05, 0.1) is 0 Å². The van der Waals surface area contributed by atoms with Gasteiger partial charge in [-0.1, -0.05) is 35.4 Å². The van der Waals surface area contributed by atoms with Crippen LogP contribution in [-0.2, 0) is 0 Å². The van der Waals surface area contributed by atoms with E-state index in [-0.39, 0.29) is 5.91 Å². The number of hydrogen-bond acceptors (Lipinski definition) is 3. The maximum absolute atomic E-state index is 12.4. The number of rotatable bonds is 7. The van der Waals surface area contributed by atoms with Crippen molar-refractivity contribution in [2.24, 2.45) is 0 Å². The van der Waals surface area contributed by atoms with Gasteiger partial charge < -0.3 is 14.8 Å². The van der Waals surface area contributed by atoms with Gasteiger partial charge in [-0.05, 0) is 67.9 Å². The predicted molar refractivity (Wildman–Crippen MR) is 113 cm³/mol. The van der Waals surface area contributed by atoms with Crippen LogP contribution in [0.4, 0.5) is 5.69 Å². The molecule has 3 rings (SSSR count). The second kappa shape index (κ2) is 9.29. The molecule has 3 aromatic carbocycles. The Balaban J connectivity index is 1.49. The second-order valence-electron chi connectivity index (χ2n) is 6.40. The van der Waals surface area contributed by atoms with E-state index in [0.29, 0.717) is 35.2 Å². The lowest BCUT2D eigenvalue weighted by Gasteiger charge is -2.11. The Kier molecular flexibility index (Phi) is 6.56. The van der Waals surface area contributed by atoms with Gasteiger partial charge in [0.25, 0.3) is 5.91 Å². The zero-order chi connectivity index (χ0) is 19.9. The third-order valence-corrected chi connectivity index (χ3v) is 4.68. The van der Waals surface area contributed by atoms with E-state index in [1.54, 1.807) is 36.4 Å². The van der Waals surface area contributed by atoms with Crippen LogP contribution in [0.15, 0.2) is 66.7 Å². The highest BCUT2D eigenvalue weighted by atomic mass is 35.5. The van der Waals surface area contributed by atoms with Gasteiger partial charge in [-0.15, -0.1) is 0 Å². The quantitative estimate of drug-likeness (QED) is 0.524. The largest absolute Gasteiger partial charge is 0.490 e. The summed E-state index contributed by atoms with van der Waals surface area (Å²) in [5, 5.41) is 3.50. The summed E-state index contributed by atoms with van der Waals surface area (Å²) in [5.41, 5.74) is 3.28. The molecule has 0 radical (unpaired) electrons. The van der Waals surface area contributed by atoms with Gasteiger partial charge in [-0.25, -0.2) is 0 Å². The first-order valence-corrected chi connectivity index (χ1v) is 9.39. The average molecular weight is 396 g/mol. The van der Waals surface area contributed by atoms with Crippen molar-refractivity contribution in [3.63, 3.8) is 0 Å². The van der Waals surface area contributed by atoms with Crippen molar-refractivity contribution < 1.29 is 14.3 Å². The molecule has 0 heterocycles. The van der Waals surface area contributed by atoms with Crippen LogP contribution in [0.3, 0.4) is 0 Å². The number of halogens is 1. The minimum atomic E-state index is -0.195. The smallest absolute Gasteiger partial charge is 0.255 e. The number of carbonyl (C=O) groups excluding carboxylic acids is 1. The van der Waals surface area contributed by atoms with Gasteiger partial charge in [0.15, 0.2) is 0 Å². The van der Waals surface area contributed by atoms with Crippen LogP contribution in [0.2, 0.25) is 5.02 Å². The van der Waals surface area contributed by atoms with Crippen LogP contribution in [-0.4, -0.2) is 19.1 Å². The zero-order valence-electron chi connectivity index (χ0n) is 15.9. The number of hydrogen-bond donors (Lipinski definition) is 1. The molecule has 0 unspecified atom stereocenters. The molecular weight excluding hydrogens is 374 g/mol. The highest BCUT2D eigenvalue weighted by Crippen LogP contribution is 2.23. The molecule has 1 amide bonds. The van der Waals surface area contributed by atoms with Crippen LogP contribution in [0.5, 0.6) is 11.5 Å². The molecular formula is C23H22ClNO3. The van der Waals surface area contributed by atoms with Crippen LogP contribution >= 0.6 is 11.6 Å². The number of benzene rings is 3. The number of carbonyl (C=O) groups is 1. The lowest BCUT2D eigenvalue weighted by atomic mass is 10.1. The van der Waals surface area contributed by atoms with Gasteiger partial charge in [0, 0.05) is 16.3 Å². The summed E-state index contributed by atoms with van der Waals surface area (Å²) >= 11 is 6.09. The third kappa shape index (κ3) is 5.27. The highest BCUT2D eigenvalue weighted by molar-refractivity contribution is 6.31. The normalized spacial score (nSPS) is 10.4. The molecule has 0 atom stereocenters. The molecule has 28 heavy (non-hydrogen) atoms. The monoisotopic (exact) mass is 395 g/mol. The van der Waals surface area contributed by atoms with Crippen LogP contribution < -0.4 is 14.8 Å². The van der Waals surface area contributed by atoms with Crippen LogP contribution in [0, 0.1) is 13.8 Å². The Bertz CT molecular complexity index is 937. The number of anilines is 1. The highest BCUT2D eigenvalue weighted by Gasteiger charge is 2.09. The zero-order valence-corrected chi connectivity index (χ0v) is 16.6. The number of aryl methyl sites for hydroxylation is 1. The molecule has 5 heteroatoms. The fourth-order valence-corrected chi connectivity index (χ4v) is 2.77. The molecule has 1 N–H and O–H groups in total. The first-order chi connectivity index (χ1) is 13.5. The molecule has 0 saturated carbocycles. The maximum Gasteiger partial charge on any atom is 0.255 e. The van der Waals surface area contributed by atoms with Gasteiger partial charge in [0.1, 0.15) is 24.7 Å². The lowest BCUT2D eigenvalue weighted by molar-refractivity contribution is 0.102. The number of ether oxygens (including phenoxy) is 2. The van der Waals surface area contributed by atoms with Crippen molar-refractivity contribution in [1.29, 1.82) is 0 Å². The maximum atomic E-state index is 12.4. The van der Waals surface area contributed by atoms with E-state index in [0.717, 1.165) is 11.3 Å². The van der Waals surface area contributed by atoms with E-state index in [9.17, 15) is 4.79 Å². The molecule has 4 nitrogen and oxygen atoms in total. The van der Waals surface area contributed by atoms with Crippen molar-refractivity contribution in [3.8, 4) is 11.5 Å². The Hall–Kier alpha value is -2.98. The lowest BCUT2D eigenvalue weighted by Crippen LogP contribution is -2.13. The van der Waals surface area contributed by atoms with Gasteiger partial charge in [-0.2, -0.15) is 0 Å². The Labute approximate surface area is 170 Å². The molecule has 0 aliphatic heterocycles. The molecule has 0 spiro atoms. The van der Waals surface area contributed by atoms with E-state index in [1.807, 2.05) is 44.2 Å². The molecule has 0 aliphatic rings. The Morgan fingerprint density at radius 1 is 0.857 bits per heavy atom. The first-order valence-electron chi connectivity index (χ1n) is 9.02.